The van der Waals surface area contributed by atoms with Gasteiger partial charge in [-0.25, -0.2) is 4.39 Å². The van der Waals surface area contributed by atoms with E-state index >= 15 is 0 Å². The quantitative estimate of drug-likeness (QED) is 0.897. The van der Waals surface area contributed by atoms with Gasteiger partial charge in [0, 0.05) is 19.0 Å². The van der Waals surface area contributed by atoms with Crippen LogP contribution >= 0.6 is 0 Å². The van der Waals surface area contributed by atoms with E-state index in [1.54, 1.807) is 18.2 Å². The summed E-state index contributed by atoms with van der Waals surface area (Å²) in [5, 5.41) is 2.62. The first kappa shape index (κ1) is 18.8. The van der Waals surface area contributed by atoms with Crippen molar-refractivity contribution in [2.45, 2.75) is 32.6 Å². The van der Waals surface area contributed by atoms with Crippen LogP contribution in [-0.4, -0.2) is 54.3 Å². The standard InChI is InChI=1S/C20H28FN3O2/c1-15-6-12-24(13-7-15)20(26)16-8-10-23(11-9-16)14-19(25)22-18-5-3-2-4-17(18)21/h2-5,15-16H,6-14H2,1H3,(H,22,25). The minimum Gasteiger partial charge on any atom is -0.342 e. The van der Waals surface area contributed by atoms with Crippen LogP contribution in [0.5, 0.6) is 0 Å². The summed E-state index contributed by atoms with van der Waals surface area (Å²) in [6.07, 6.45) is 3.78. The Labute approximate surface area is 154 Å². The third-order valence-electron chi connectivity index (χ3n) is 5.55. The Kier molecular flexibility index (Phi) is 6.25. The molecule has 2 heterocycles. The van der Waals surface area contributed by atoms with E-state index in [0.717, 1.165) is 51.9 Å². The average Bonchev–Trinajstić information content (AvgIpc) is 2.64. The SMILES string of the molecule is CC1CCN(C(=O)C2CCN(CC(=O)Nc3ccccc3F)CC2)CC1. The van der Waals surface area contributed by atoms with Crippen molar-refractivity contribution in [3.63, 3.8) is 0 Å². The first-order valence-corrected chi connectivity index (χ1v) is 9.58. The molecule has 0 saturated carbocycles. The van der Waals surface area contributed by atoms with Gasteiger partial charge < -0.3 is 10.2 Å². The van der Waals surface area contributed by atoms with Crippen molar-refractivity contribution < 1.29 is 14.0 Å². The molecule has 26 heavy (non-hydrogen) atoms. The lowest BCUT2D eigenvalue weighted by atomic mass is 9.92. The van der Waals surface area contributed by atoms with Gasteiger partial charge in [-0.3, -0.25) is 14.5 Å². The summed E-state index contributed by atoms with van der Waals surface area (Å²) in [5.74, 6) is 0.432. The number of para-hydroxylation sites is 1. The number of likely N-dealkylation sites (tertiary alicyclic amines) is 2. The highest BCUT2D eigenvalue weighted by molar-refractivity contribution is 5.92. The van der Waals surface area contributed by atoms with Gasteiger partial charge in [-0.1, -0.05) is 19.1 Å². The Morgan fingerprint density at radius 3 is 2.38 bits per heavy atom. The molecule has 5 nitrogen and oxygen atoms in total. The van der Waals surface area contributed by atoms with Crippen molar-refractivity contribution in [1.29, 1.82) is 0 Å². The smallest absolute Gasteiger partial charge is 0.238 e. The van der Waals surface area contributed by atoms with Gasteiger partial charge in [0.25, 0.3) is 0 Å². The lowest BCUT2D eigenvalue weighted by Gasteiger charge is -2.36. The number of hydrogen-bond donors (Lipinski definition) is 1. The fourth-order valence-corrected chi connectivity index (χ4v) is 3.78. The van der Waals surface area contributed by atoms with Gasteiger partial charge in [0.2, 0.25) is 11.8 Å². The number of rotatable bonds is 4. The van der Waals surface area contributed by atoms with Gasteiger partial charge >= 0.3 is 0 Å². The predicted octanol–water partition coefficient (Wildman–Crippen LogP) is 2.73. The molecule has 142 valence electrons. The highest BCUT2D eigenvalue weighted by atomic mass is 19.1. The predicted molar refractivity (Wildman–Crippen MR) is 99.2 cm³/mol. The van der Waals surface area contributed by atoms with Gasteiger partial charge in [0.05, 0.1) is 12.2 Å². The molecule has 0 aromatic heterocycles. The maximum Gasteiger partial charge on any atom is 0.238 e. The summed E-state index contributed by atoms with van der Waals surface area (Å²) in [5.41, 5.74) is 0.210. The molecule has 2 fully saturated rings. The molecular formula is C20H28FN3O2. The van der Waals surface area contributed by atoms with Crippen LogP contribution in [0.15, 0.2) is 24.3 Å². The molecule has 1 N–H and O–H groups in total. The normalized spacial score (nSPS) is 20.2. The zero-order chi connectivity index (χ0) is 18.5. The highest BCUT2D eigenvalue weighted by Gasteiger charge is 2.30. The van der Waals surface area contributed by atoms with Crippen LogP contribution in [0, 0.1) is 17.7 Å². The molecule has 2 aliphatic rings. The van der Waals surface area contributed by atoms with Gasteiger partial charge in [0.15, 0.2) is 0 Å². The number of carbonyl (C=O) groups is 2. The molecule has 0 bridgehead atoms. The summed E-state index contributed by atoms with van der Waals surface area (Å²) in [7, 11) is 0. The largest absolute Gasteiger partial charge is 0.342 e. The Bertz CT molecular complexity index is 636. The van der Waals surface area contributed by atoms with Crippen LogP contribution in [0.1, 0.15) is 32.6 Å². The molecule has 2 saturated heterocycles. The molecule has 1 aromatic rings. The molecule has 1 aromatic carbocycles. The summed E-state index contributed by atoms with van der Waals surface area (Å²) < 4.78 is 13.6. The Balaban J connectivity index is 1.43. The molecule has 6 heteroatoms. The third kappa shape index (κ3) is 4.81. The number of nitrogens with zero attached hydrogens (tertiary/aromatic N) is 2. The third-order valence-corrected chi connectivity index (χ3v) is 5.55. The number of benzene rings is 1. The topological polar surface area (TPSA) is 52.7 Å². The van der Waals surface area contributed by atoms with Crippen molar-refractivity contribution in [3.05, 3.63) is 30.1 Å². The van der Waals surface area contributed by atoms with Gasteiger partial charge in [-0.15, -0.1) is 0 Å². The fourth-order valence-electron chi connectivity index (χ4n) is 3.78. The second-order valence-electron chi connectivity index (χ2n) is 7.59. The van der Waals surface area contributed by atoms with E-state index in [2.05, 4.69) is 12.2 Å². The van der Waals surface area contributed by atoms with E-state index in [4.69, 9.17) is 0 Å². The lowest BCUT2D eigenvalue weighted by molar-refractivity contribution is -0.138. The molecule has 0 aliphatic carbocycles. The number of amides is 2. The van der Waals surface area contributed by atoms with Crippen LogP contribution in [0.4, 0.5) is 10.1 Å². The number of anilines is 1. The van der Waals surface area contributed by atoms with Crippen molar-refractivity contribution in [3.8, 4) is 0 Å². The molecule has 2 amide bonds. The average molecular weight is 361 g/mol. The van der Waals surface area contributed by atoms with Crippen molar-refractivity contribution in [1.82, 2.24) is 9.80 Å². The van der Waals surface area contributed by atoms with E-state index in [1.165, 1.54) is 6.07 Å². The van der Waals surface area contributed by atoms with Crippen molar-refractivity contribution in [2.24, 2.45) is 11.8 Å². The van der Waals surface area contributed by atoms with Gasteiger partial charge in [-0.2, -0.15) is 0 Å². The number of carbonyl (C=O) groups excluding carboxylic acids is 2. The number of hydrogen-bond acceptors (Lipinski definition) is 3. The Morgan fingerprint density at radius 1 is 1.08 bits per heavy atom. The Hall–Kier alpha value is -1.95. The molecule has 0 unspecified atom stereocenters. The zero-order valence-corrected chi connectivity index (χ0v) is 15.4. The first-order valence-electron chi connectivity index (χ1n) is 9.58. The minimum absolute atomic E-state index is 0.0780. The summed E-state index contributed by atoms with van der Waals surface area (Å²) in [6, 6.07) is 6.17. The highest BCUT2D eigenvalue weighted by Crippen LogP contribution is 2.23. The van der Waals surface area contributed by atoms with Gasteiger partial charge in [-0.05, 0) is 56.8 Å². The van der Waals surface area contributed by atoms with Crippen LogP contribution in [0.2, 0.25) is 0 Å². The maximum atomic E-state index is 13.6. The molecule has 2 aliphatic heterocycles. The molecule has 3 rings (SSSR count). The molecule has 0 spiro atoms. The van der Waals surface area contributed by atoms with Crippen molar-refractivity contribution >= 4 is 17.5 Å². The summed E-state index contributed by atoms with van der Waals surface area (Å²) in [6.45, 7) is 5.69. The van der Waals surface area contributed by atoms with Crippen LogP contribution in [0.25, 0.3) is 0 Å². The first-order chi connectivity index (χ1) is 12.5. The number of piperidine rings is 2. The zero-order valence-electron chi connectivity index (χ0n) is 15.4. The van der Waals surface area contributed by atoms with E-state index in [9.17, 15) is 14.0 Å². The van der Waals surface area contributed by atoms with E-state index in [1.807, 2.05) is 9.80 Å². The number of halogens is 1. The number of nitrogens with one attached hydrogen (secondary N) is 1. The van der Waals surface area contributed by atoms with Crippen molar-refractivity contribution in [2.75, 3.05) is 38.0 Å². The van der Waals surface area contributed by atoms with Gasteiger partial charge in [0.1, 0.15) is 5.82 Å². The summed E-state index contributed by atoms with van der Waals surface area (Å²) >= 11 is 0. The lowest BCUT2D eigenvalue weighted by Crippen LogP contribution is -2.46. The molecule has 0 radical (unpaired) electrons. The maximum absolute atomic E-state index is 13.6. The fraction of sp³-hybridized carbons (Fsp3) is 0.600. The van der Waals surface area contributed by atoms with Crippen LogP contribution in [-0.2, 0) is 9.59 Å². The second kappa shape index (κ2) is 8.62. The minimum atomic E-state index is -0.430. The monoisotopic (exact) mass is 361 g/mol. The van der Waals surface area contributed by atoms with E-state index in [-0.39, 0.29) is 30.0 Å². The van der Waals surface area contributed by atoms with E-state index in [0.29, 0.717) is 5.92 Å². The summed E-state index contributed by atoms with van der Waals surface area (Å²) in [4.78, 5) is 28.8. The molecule has 0 atom stereocenters. The van der Waals surface area contributed by atoms with Crippen LogP contribution in [0.3, 0.4) is 0 Å². The molecular weight excluding hydrogens is 333 g/mol. The second-order valence-corrected chi connectivity index (χ2v) is 7.59. The van der Waals surface area contributed by atoms with Crippen LogP contribution < -0.4 is 5.32 Å². The van der Waals surface area contributed by atoms with E-state index < -0.39 is 5.82 Å². The Morgan fingerprint density at radius 2 is 1.73 bits per heavy atom.